The van der Waals surface area contributed by atoms with Crippen LogP contribution in [-0.4, -0.2) is 12.5 Å². The maximum atomic E-state index is 13.3. The fraction of sp³-hybridized carbons (Fsp3) is 0.0667. The lowest BCUT2D eigenvalue weighted by atomic mass is 10.2. The van der Waals surface area contributed by atoms with E-state index in [1.807, 2.05) is 6.07 Å². The number of hydrogen-bond acceptors (Lipinski definition) is 3. The molecule has 0 aliphatic rings. The summed E-state index contributed by atoms with van der Waals surface area (Å²) in [6.07, 6.45) is 0. The molecule has 0 fully saturated rings. The predicted molar refractivity (Wildman–Crippen MR) is 76.9 cm³/mol. The zero-order valence-corrected chi connectivity index (χ0v) is 11.5. The van der Waals surface area contributed by atoms with Crippen molar-refractivity contribution >= 4 is 23.2 Å². The predicted octanol–water partition coefficient (Wildman–Crippen LogP) is 3.63. The second-order valence-electron chi connectivity index (χ2n) is 4.06. The van der Waals surface area contributed by atoms with E-state index < -0.39 is 11.7 Å². The largest absolute Gasteiger partial charge is 0.479 e. The van der Waals surface area contributed by atoms with Gasteiger partial charge in [-0.15, -0.1) is 0 Å². The lowest BCUT2D eigenvalue weighted by Gasteiger charge is -2.08. The first kappa shape index (κ1) is 14.8. The maximum absolute atomic E-state index is 13.3. The van der Waals surface area contributed by atoms with Gasteiger partial charge in [-0.25, -0.2) is 4.39 Å². The van der Waals surface area contributed by atoms with Crippen molar-refractivity contribution in [1.29, 1.82) is 5.26 Å². The summed E-state index contributed by atoms with van der Waals surface area (Å²) in [4.78, 5) is 12.0. The van der Waals surface area contributed by atoms with Crippen molar-refractivity contribution in [3.8, 4) is 11.8 Å². The van der Waals surface area contributed by atoms with Gasteiger partial charge in [-0.2, -0.15) is 5.26 Å². The SMILES string of the molecule is N#CCOc1cccc(NC(=O)c2ccc(Cl)c(F)c2)c1. The first-order valence-electron chi connectivity index (χ1n) is 5.96. The first-order valence-corrected chi connectivity index (χ1v) is 6.34. The van der Waals surface area contributed by atoms with Gasteiger partial charge in [0.25, 0.3) is 5.91 Å². The highest BCUT2D eigenvalue weighted by Gasteiger charge is 2.09. The molecule has 4 nitrogen and oxygen atoms in total. The molecule has 0 spiro atoms. The van der Waals surface area contributed by atoms with Crippen molar-refractivity contribution < 1.29 is 13.9 Å². The molecule has 0 saturated carbocycles. The molecule has 1 N–H and O–H groups in total. The van der Waals surface area contributed by atoms with E-state index in [2.05, 4.69) is 5.32 Å². The third-order valence-corrected chi connectivity index (χ3v) is 2.88. The Bertz CT molecular complexity index is 713. The average Bonchev–Trinajstić information content (AvgIpc) is 2.48. The van der Waals surface area contributed by atoms with Crippen LogP contribution in [-0.2, 0) is 0 Å². The summed E-state index contributed by atoms with van der Waals surface area (Å²) in [5.74, 6) is -0.671. The number of nitriles is 1. The van der Waals surface area contributed by atoms with Crippen LogP contribution in [0.3, 0.4) is 0 Å². The molecule has 106 valence electrons. The highest BCUT2D eigenvalue weighted by molar-refractivity contribution is 6.30. The van der Waals surface area contributed by atoms with E-state index >= 15 is 0 Å². The molecule has 6 heteroatoms. The molecule has 0 bridgehead atoms. The van der Waals surface area contributed by atoms with E-state index in [0.29, 0.717) is 11.4 Å². The molecule has 2 aromatic carbocycles. The van der Waals surface area contributed by atoms with Crippen LogP contribution in [0.15, 0.2) is 42.5 Å². The second kappa shape index (κ2) is 6.73. The molecule has 0 aliphatic carbocycles. The number of carbonyl (C=O) groups excluding carboxylic acids is 1. The van der Waals surface area contributed by atoms with Crippen LogP contribution in [0.5, 0.6) is 5.75 Å². The van der Waals surface area contributed by atoms with Gasteiger partial charge in [-0.05, 0) is 30.3 Å². The summed E-state index contributed by atoms with van der Waals surface area (Å²) < 4.78 is 18.4. The molecule has 0 saturated heterocycles. The molecule has 0 radical (unpaired) electrons. The molecule has 0 aromatic heterocycles. The quantitative estimate of drug-likeness (QED) is 0.938. The van der Waals surface area contributed by atoms with Crippen LogP contribution in [0.4, 0.5) is 10.1 Å². The number of anilines is 1. The summed E-state index contributed by atoms with van der Waals surface area (Å²) in [6.45, 7) is -0.0835. The summed E-state index contributed by atoms with van der Waals surface area (Å²) >= 11 is 5.57. The van der Waals surface area contributed by atoms with Crippen LogP contribution in [0, 0.1) is 17.1 Å². The van der Waals surface area contributed by atoms with E-state index in [4.69, 9.17) is 21.6 Å². The van der Waals surface area contributed by atoms with E-state index in [1.165, 1.54) is 12.1 Å². The van der Waals surface area contributed by atoms with Crippen LogP contribution >= 0.6 is 11.6 Å². The van der Waals surface area contributed by atoms with Gasteiger partial charge >= 0.3 is 0 Å². The molecule has 21 heavy (non-hydrogen) atoms. The molecule has 0 aliphatic heterocycles. The van der Waals surface area contributed by atoms with Gasteiger partial charge in [0.05, 0.1) is 5.02 Å². The van der Waals surface area contributed by atoms with Gasteiger partial charge in [0.1, 0.15) is 17.6 Å². The molecular weight excluding hydrogens is 295 g/mol. The number of nitrogens with one attached hydrogen (secondary N) is 1. The van der Waals surface area contributed by atoms with Crippen molar-refractivity contribution in [1.82, 2.24) is 0 Å². The van der Waals surface area contributed by atoms with Crippen LogP contribution in [0.2, 0.25) is 5.02 Å². The Labute approximate surface area is 125 Å². The van der Waals surface area contributed by atoms with Crippen LogP contribution in [0.25, 0.3) is 0 Å². The average molecular weight is 305 g/mol. The van der Waals surface area contributed by atoms with Gasteiger partial charge in [0.2, 0.25) is 0 Å². The van der Waals surface area contributed by atoms with Crippen LogP contribution in [0.1, 0.15) is 10.4 Å². The number of hydrogen-bond donors (Lipinski definition) is 1. The molecule has 0 unspecified atom stereocenters. The number of halogens is 2. The third kappa shape index (κ3) is 3.94. The number of benzene rings is 2. The number of carbonyl (C=O) groups is 1. The minimum Gasteiger partial charge on any atom is -0.479 e. The fourth-order valence-corrected chi connectivity index (χ4v) is 1.74. The highest BCUT2D eigenvalue weighted by atomic mass is 35.5. The number of amides is 1. The van der Waals surface area contributed by atoms with E-state index in [0.717, 1.165) is 6.07 Å². The van der Waals surface area contributed by atoms with Crippen molar-refractivity contribution in [2.75, 3.05) is 11.9 Å². The van der Waals surface area contributed by atoms with Crippen molar-refractivity contribution in [3.05, 3.63) is 58.9 Å². The monoisotopic (exact) mass is 304 g/mol. The van der Waals surface area contributed by atoms with Gasteiger partial charge in [0, 0.05) is 17.3 Å². The second-order valence-corrected chi connectivity index (χ2v) is 4.46. The molecular formula is C15H10ClFN2O2. The maximum Gasteiger partial charge on any atom is 0.255 e. The Morgan fingerprint density at radius 2 is 2.14 bits per heavy atom. The number of rotatable bonds is 4. The molecule has 0 heterocycles. The zero-order valence-electron chi connectivity index (χ0n) is 10.8. The van der Waals surface area contributed by atoms with E-state index in [1.54, 1.807) is 24.3 Å². The lowest BCUT2D eigenvalue weighted by Crippen LogP contribution is -2.12. The summed E-state index contributed by atoms with van der Waals surface area (Å²) in [7, 11) is 0. The minimum absolute atomic E-state index is 0.0431. The van der Waals surface area contributed by atoms with Crippen molar-refractivity contribution in [2.45, 2.75) is 0 Å². The normalized spacial score (nSPS) is 9.76. The molecule has 2 aromatic rings. The molecule has 2 rings (SSSR count). The number of ether oxygens (including phenoxy) is 1. The molecule has 1 amide bonds. The van der Waals surface area contributed by atoms with Gasteiger partial charge < -0.3 is 10.1 Å². The third-order valence-electron chi connectivity index (χ3n) is 2.58. The number of nitrogens with zero attached hydrogens (tertiary/aromatic N) is 1. The minimum atomic E-state index is -0.657. The Morgan fingerprint density at radius 3 is 2.86 bits per heavy atom. The lowest BCUT2D eigenvalue weighted by molar-refractivity contribution is 0.102. The molecule has 0 atom stereocenters. The van der Waals surface area contributed by atoms with E-state index in [-0.39, 0.29) is 17.2 Å². The van der Waals surface area contributed by atoms with Crippen LogP contribution < -0.4 is 10.1 Å². The van der Waals surface area contributed by atoms with Gasteiger partial charge in [-0.1, -0.05) is 17.7 Å². The summed E-state index contributed by atoms with van der Waals surface area (Å²) in [6, 6.07) is 12.2. The standard InChI is InChI=1S/C15H10ClFN2O2/c16-13-5-4-10(8-14(13)17)15(20)19-11-2-1-3-12(9-11)21-7-6-18/h1-5,8-9H,7H2,(H,19,20). The zero-order chi connectivity index (χ0) is 15.2. The van der Waals surface area contributed by atoms with Gasteiger partial charge in [-0.3, -0.25) is 4.79 Å². The Balaban J connectivity index is 2.12. The Hall–Kier alpha value is -2.58. The highest BCUT2D eigenvalue weighted by Crippen LogP contribution is 2.19. The Morgan fingerprint density at radius 1 is 1.33 bits per heavy atom. The Kier molecular flexibility index (Phi) is 4.75. The fourth-order valence-electron chi connectivity index (χ4n) is 1.62. The van der Waals surface area contributed by atoms with E-state index in [9.17, 15) is 9.18 Å². The smallest absolute Gasteiger partial charge is 0.255 e. The summed E-state index contributed by atoms with van der Waals surface area (Å²) in [5, 5.41) is 11.0. The van der Waals surface area contributed by atoms with Crippen molar-refractivity contribution in [3.63, 3.8) is 0 Å². The summed E-state index contributed by atoms with van der Waals surface area (Å²) in [5.41, 5.74) is 0.631. The van der Waals surface area contributed by atoms with Gasteiger partial charge in [0.15, 0.2) is 6.61 Å². The topological polar surface area (TPSA) is 62.1 Å². The van der Waals surface area contributed by atoms with Crippen molar-refractivity contribution in [2.24, 2.45) is 0 Å². The first-order chi connectivity index (χ1) is 10.1.